The maximum Gasteiger partial charge on any atom is 0.373 e. The number of hydrogen-bond donors (Lipinski definition) is 1. The van der Waals surface area contributed by atoms with E-state index >= 15 is 0 Å². The Kier molecular flexibility index (Phi) is 3.47. The number of carboxylic acids is 1. The molecule has 0 saturated heterocycles. The molecule has 0 bridgehead atoms. The van der Waals surface area contributed by atoms with Crippen LogP contribution in [0.4, 0.5) is 0 Å². The Morgan fingerprint density at radius 1 is 1.41 bits per heavy atom. The zero-order valence-electron chi connectivity index (χ0n) is 9.84. The lowest BCUT2D eigenvalue weighted by Gasteiger charge is -2.22. The number of Topliss-reactive ketones (excluding diaryl/α,β-unsaturated/α-hetero) is 1. The van der Waals surface area contributed by atoms with E-state index in [2.05, 4.69) is 4.52 Å². The van der Waals surface area contributed by atoms with Crippen molar-refractivity contribution in [1.29, 1.82) is 0 Å². The molecule has 0 aromatic carbocycles. The molecule has 1 heterocycles. The number of carbonyl (C=O) groups is 2. The fraction of sp³-hybridized carbons (Fsp3) is 0.556. The van der Waals surface area contributed by atoms with Crippen molar-refractivity contribution in [1.82, 2.24) is 0 Å². The zero-order chi connectivity index (χ0) is 13.4. The van der Waals surface area contributed by atoms with Crippen LogP contribution in [0.25, 0.3) is 0 Å². The molecule has 0 spiro atoms. The first-order chi connectivity index (χ1) is 7.73. The van der Waals surface area contributed by atoms with E-state index in [1.807, 2.05) is 0 Å². The van der Waals surface area contributed by atoms with Gasteiger partial charge in [0, 0.05) is 7.11 Å². The number of rotatable bonds is 4. The monoisotopic (exact) mass is 264 g/mol. The van der Waals surface area contributed by atoms with Crippen LogP contribution < -0.4 is 0 Å². The van der Waals surface area contributed by atoms with Crippen molar-refractivity contribution in [2.45, 2.75) is 19.4 Å². The molecule has 0 aromatic heterocycles. The summed E-state index contributed by atoms with van der Waals surface area (Å²) in [7, 11) is -1.81. The van der Waals surface area contributed by atoms with E-state index in [0.717, 1.165) is 7.11 Å². The molecular formula is C9H13O7P. The molecule has 17 heavy (non-hydrogen) atoms. The maximum absolute atomic E-state index is 12.1. The average molecular weight is 264 g/mol. The fourth-order valence-corrected chi connectivity index (χ4v) is 3.36. The Morgan fingerprint density at radius 2 is 1.94 bits per heavy atom. The summed E-state index contributed by atoms with van der Waals surface area (Å²) in [5.74, 6) is -2.32. The molecule has 1 rings (SSSR count). The molecule has 2 unspecified atom stereocenters. The summed E-state index contributed by atoms with van der Waals surface area (Å²) in [4.78, 5) is 22.6. The van der Waals surface area contributed by atoms with Crippen molar-refractivity contribution in [2.24, 2.45) is 0 Å². The predicted molar refractivity (Wildman–Crippen MR) is 56.5 cm³/mol. The van der Waals surface area contributed by atoms with Gasteiger partial charge in [0.1, 0.15) is 0 Å². The lowest BCUT2D eigenvalue weighted by molar-refractivity contribution is -0.132. The smallest absolute Gasteiger partial charge is 0.373 e. The highest BCUT2D eigenvalue weighted by atomic mass is 31.2. The van der Waals surface area contributed by atoms with Crippen LogP contribution >= 0.6 is 7.60 Å². The lowest BCUT2D eigenvalue weighted by Crippen LogP contribution is -2.35. The third kappa shape index (κ3) is 1.90. The highest BCUT2D eigenvalue weighted by molar-refractivity contribution is 7.60. The second-order valence-corrected chi connectivity index (χ2v) is 5.54. The summed E-state index contributed by atoms with van der Waals surface area (Å²) < 4.78 is 26.6. The van der Waals surface area contributed by atoms with Gasteiger partial charge in [0.25, 0.3) is 0 Å². The Hall–Kier alpha value is -1.17. The van der Waals surface area contributed by atoms with Gasteiger partial charge < -0.3 is 14.4 Å². The summed E-state index contributed by atoms with van der Waals surface area (Å²) in [5, 5.41) is 8.38. The van der Waals surface area contributed by atoms with Crippen molar-refractivity contribution in [3.8, 4) is 0 Å². The summed E-state index contributed by atoms with van der Waals surface area (Å²) in [6.07, 6.45) is 0. The predicted octanol–water partition coefficient (Wildman–Crippen LogP) is 1.15. The Labute approximate surface area is 97.9 Å². The molecule has 1 aliphatic heterocycles. The Balaban J connectivity index is 3.54. The molecule has 0 amide bonds. The second-order valence-electron chi connectivity index (χ2n) is 3.55. The number of carbonyl (C=O) groups excluding carboxylic acids is 1. The Morgan fingerprint density at radius 3 is 2.24 bits per heavy atom. The van der Waals surface area contributed by atoms with Gasteiger partial charge in [-0.1, -0.05) is 0 Å². The number of aliphatic carboxylic acids is 1. The van der Waals surface area contributed by atoms with Gasteiger partial charge in [-0.3, -0.25) is 13.9 Å². The summed E-state index contributed by atoms with van der Waals surface area (Å²) in [5.41, 5.74) is -1.70. The quantitative estimate of drug-likeness (QED) is 0.760. The first-order valence-corrected chi connectivity index (χ1v) is 6.17. The normalized spacial score (nSPS) is 32.7. The average Bonchev–Trinajstić information content (AvgIpc) is 2.48. The number of carboxylic acid groups (broad SMARTS) is 1. The van der Waals surface area contributed by atoms with Crippen LogP contribution in [0.1, 0.15) is 13.8 Å². The largest absolute Gasteiger partial charge is 0.496 e. The van der Waals surface area contributed by atoms with Crippen LogP contribution in [-0.4, -0.2) is 36.7 Å². The zero-order valence-corrected chi connectivity index (χ0v) is 10.7. The van der Waals surface area contributed by atoms with E-state index in [-0.39, 0.29) is 5.76 Å². The molecule has 7 nitrogen and oxygen atoms in total. The highest BCUT2D eigenvalue weighted by Crippen LogP contribution is 2.66. The third-order valence-electron chi connectivity index (χ3n) is 2.54. The Bertz CT molecular complexity index is 452. The summed E-state index contributed by atoms with van der Waals surface area (Å²) >= 11 is 0. The molecule has 0 saturated carbocycles. The molecule has 0 radical (unpaired) electrons. The highest BCUT2D eigenvalue weighted by Gasteiger charge is 2.58. The van der Waals surface area contributed by atoms with Gasteiger partial charge in [0.15, 0.2) is 22.5 Å². The van der Waals surface area contributed by atoms with Gasteiger partial charge >= 0.3 is 13.6 Å². The van der Waals surface area contributed by atoms with E-state index in [1.165, 1.54) is 21.0 Å². The van der Waals surface area contributed by atoms with E-state index < -0.39 is 30.3 Å². The topological polar surface area (TPSA) is 99.1 Å². The van der Waals surface area contributed by atoms with Gasteiger partial charge in [-0.15, -0.1) is 0 Å². The van der Waals surface area contributed by atoms with Crippen molar-refractivity contribution in [3.63, 3.8) is 0 Å². The van der Waals surface area contributed by atoms with Crippen LogP contribution in [0.3, 0.4) is 0 Å². The van der Waals surface area contributed by atoms with E-state index in [4.69, 9.17) is 14.4 Å². The third-order valence-corrected chi connectivity index (χ3v) is 4.57. The molecular weight excluding hydrogens is 251 g/mol. The van der Waals surface area contributed by atoms with E-state index in [1.54, 1.807) is 0 Å². The van der Waals surface area contributed by atoms with E-state index in [9.17, 15) is 14.2 Å². The number of hydrogen-bond acceptors (Lipinski definition) is 6. The SMILES string of the molecule is COC1=C(C(=O)O)P(=O)(OC)OC1(C)C(C)=O. The minimum atomic E-state index is -4.03. The van der Waals surface area contributed by atoms with Crippen molar-refractivity contribution < 1.29 is 33.0 Å². The van der Waals surface area contributed by atoms with Gasteiger partial charge in [-0.05, 0) is 13.8 Å². The van der Waals surface area contributed by atoms with Crippen molar-refractivity contribution >= 4 is 19.3 Å². The van der Waals surface area contributed by atoms with Gasteiger partial charge in [-0.2, -0.15) is 0 Å². The summed E-state index contributed by atoms with van der Waals surface area (Å²) in [6.45, 7) is 2.47. The molecule has 0 fully saturated rings. The summed E-state index contributed by atoms with van der Waals surface area (Å²) in [6, 6.07) is 0. The van der Waals surface area contributed by atoms with E-state index in [0.29, 0.717) is 0 Å². The molecule has 8 heteroatoms. The maximum atomic E-state index is 12.1. The molecule has 0 aliphatic carbocycles. The van der Waals surface area contributed by atoms with Crippen LogP contribution in [0.15, 0.2) is 11.1 Å². The minimum Gasteiger partial charge on any atom is -0.496 e. The number of ketones is 1. The number of methoxy groups -OCH3 is 1. The molecule has 1 N–H and O–H groups in total. The first kappa shape index (κ1) is 13.9. The molecule has 0 aromatic rings. The fourth-order valence-electron chi connectivity index (χ4n) is 1.54. The van der Waals surface area contributed by atoms with Crippen LogP contribution in [0, 0.1) is 0 Å². The first-order valence-electron chi connectivity index (χ1n) is 4.63. The minimum absolute atomic E-state index is 0.289. The van der Waals surface area contributed by atoms with Crippen LogP contribution in [0.2, 0.25) is 0 Å². The molecule has 2 atom stereocenters. The molecule has 1 aliphatic rings. The van der Waals surface area contributed by atoms with Gasteiger partial charge in [-0.25, -0.2) is 4.79 Å². The van der Waals surface area contributed by atoms with Crippen molar-refractivity contribution in [3.05, 3.63) is 11.1 Å². The van der Waals surface area contributed by atoms with Crippen LogP contribution in [0.5, 0.6) is 0 Å². The standard InChI is InChI=1S/C9H13O7P/c1-5(10)9(2)7(14-3)6(8(11)12)17(13,15-4)16-9/h1-4H3,(H,11,12). The van der Waals surface area contributed by atoms with Crippen LogP contribution in [-0.2, 0) is 27.9 Å². The number of ether oxygens (including phenoxy) is 1. The lowest BCUT2D eigenvalue weighted by atomic mass is 9.99. The van der Waals surface area contributed by atoms with Gasteiger partial charge in [0.2, 0.25) is 0 Å². The van der Waals surface area contributed by atoms with Crippen molar-refractivity contribution in [2.75, 3.05) is 14.2 Å². The second kappa shape index (κ2) is 4.25. The molecule has 96 valence electrons. The van der Waals surface area contributed by atoms with Gasteiger partial charge in [0.05, 0.1) is 7.11 Å².